The van der Waals surface area contributed by atoms with E-state index in [1.165, 1.54) is 12.1 Å². The summed E-state index contributed by atoms with van der Waals surface area (Å²) in [5, 5.41) is 3.27. The molecule has 2 bridgehead atoms. The van der Waals surface area contributed by atoms with Crippen LogP contribution in [0.25, 0.3) is 11.1 Å². The van der Waals surface area contributed by atoms with Gasteiger partial charge in [-0.2, -0.15) is 8.78 Å². The van der Waals surface area contributed by atoms with Gasteiger partial charge >= 0.3 is 6.11 Å². The van der Waals surface area contributed by atoms with Gasteiger partial charge in [0.2, 0.25) is 0 Å². The van der Waals surface area contributed by atoms with Gasteiger partial charge in [-0.15, -0.1) is 0 Å². The topological polar surface area (TPSA) is 33.6 Å². The van der Waals surface area contributed by atoms with Crippen LogP contribution in [0.2, 0.25) is 0 Å². The number of aryl methyl sites for hydroxylation is 1. The van der Waals surface area contributed by atoms with E-state index < -0.39 is 63.3 Å². The second kappa shape index (κ2) is 12.1. The molecule has 228 valence electrons. The SMILES string of the molecule is F/C1=C/CCNCC2C=NC[C@@]1(CCc1ccc(-c3cc(F)c(C(F)(F)Oc4cc(F)c(F)c(F)c4)c(F)c3)c(F)c1)C2. The second-order valence-corrected chi connectivity index (χ2v) is 10.7. The minimum Gasteiger partial charge on any atom is -0.429 e. The fraction of sp³-hybridized carbons (Fsp3) is 0.323. The molecule has 3 nitrogen and oxygen atoms in total. The van der Waals surface area contributed by atoms with Gasteiger partial charge in [-0.05, 0) is 61.6 Å². The maximum Gasteiger partial charge on any atom is 0.432 e. The first kappa shape index (κ1) is 30.7. The van der Waals surface area contributed by atoms with Crippen LogP contribution in [0.5, 0.6) is 5.75 Å². The van der Waals surface area contributed by atoms with Crippen LogP contribution in [-0.2, 0) is 12.5 Å². The van der Waals surface area contributed by atoms with Crippen molar-refractivity contribution in [2.45, 2.75) is 31.8 Å². The first-order valence-electron chi connectivity index (χ1n) is 13.4. The lowest BCUT2D eigenvalue weighted by molar-refractivity contribution is -0.189. The van der Waals surface area contributed by atoms with Gasteiger partial charge in [0.25, 0.3) is 0 Å². The lowest BCUT2D eigenvalue weighted by atomic mass is 9.72. The fourth-order valence-electron chi connectivity index (χ4n) is 5.53. The van der Waals surface area contributed by atoms with E-state index in [2.05, 4.69) is 15.0 Å². The number of hydrogen-bond donors (Lipinski definition) is 1. The molecule has 0 saturated carbocycles. The number of halogens is 9. The Morgan fingerprint density at radius 3 is 2.26 bits per heavy atom. The van der Waals surface area contributed by atoms with E-state index in [1.54, 1.807) is 6.08 Å². The van der Waals surface area contributed by atoms with Crippen molar-refractivity contribution in [2.24, 2.45) is 16.3 Å². The number of hydrogen-bond acceptors (Lipinski definition) is 3. The molecule has 0 radical (unpaired) electrons. The summed E-state index contributed by atoms with van der Waals surface area (Å²) in [5.74, 6) is -11.6. The number of nitrogens with one attached hydrogen (secondary N) is 1. The molecule has 2 heterocycles. The standard InChI is InChI=1S/C31H25F9N2O/c32-22-8-17(5-6-30-13-18(15-42-16-30)14-41-7-1-2-27(30)37)3-4-21(22)19-9-23(33)28(24(34)10-19)31(39,40)43-20-11-25(35)29(38)26(36)12-20/h2-4,8-12,15,18,41H,1,5-7,13-14,16H2/b27-2+/t18?,30-/m1/s1. The Balaban J connectivity index is 1.36. The fourth-order valence-corrected chi connectivity index (χ4v) is 5.53. The summed E-state index contributed by atoms with van der Waals surface area (Å²) < 4.78 is 133. The van der Waals surface area contributed by atoms with Gasteiger partial charge in [-0.1, -0.05) is 18.2 Å². The number of nitrogens with zero attached hydrogens (tertiary/aromatic N) is 1. The van der Waals surface area contributed by atoms with Crippen LogP contribution in [0.15, 0.2) is 59.4 Å². The molecule has 0 saturated heterocycles. The van der Waals surface area contributed by atoms with Crippen LogP contribution >= 0.6 is 0 Å². The number of fused-ring (bicyclic) bond motifs is 2. The zero-order valence-electron chi connectivity index (χ0n) is 22.5. The molecule has 0 fully saturated rings. The highest BCUT2D eigenvalue weighted by molar-refractivity contribution is 5.65. The largest absolute Gasteiger partial charge is 0.432 e. The minimum absolute atomic E-state index is 0.0497. The predicted octanol–water partition coefficient (Wildman–Crippen LogP) is 8.17. The first-order chi connectivity index (χ1) is 20.4. The van der Waals surface area contributed by atoms with Crippen molar-refractivity contribution in [3.63, 3.8) is 0 Å². The maximum absolute atomic E-state index is 15.3. The molecular formula is C31H25F9N2O. The maximum atomic E-state index is 15.3. The van der Waals surface area contributed by atoms with E-state index >= 15 is 8.78 Å². The van der Waals surface area contributed by atoms with E-state index in [-0.39, 0.29) is 42.4 Å². The molecule has 12 heteroatoms. The van der Waals surface area contributed by atoms with E-state index in [0.717, 1.165) is 6.07 Å². The van der Waals surface area contributed by atoms with Gasteiger partial charge < -0.3 is 10.1 Å². The molecule has 5 rings (SSSR count). The lowest BCUT2D eigenvalue weighted by Crippen LogP contribution is -2.36. The number of alkyl halides is 2. The molecular weight excluding hydrogens is 587 g/mol. The van der Waals surface area contributed by atoms with Crippen molar-refractivity contribution in [2.75, 3.05) is 19.6 Å². The normalized spacial score (nSPS) is 21.9. The highest BCUT2D eigenvalue weighted by Crippen LogP contribution is 2.43. The smallest absolute Gasteiger partial charge is 0.429 e. The number of ether oxygens (including phenoxy) is 1. The average molecular weight is 613 g/mol. The summed E-state index contributed by atoms with van der Waals surface area (Å²) in [6.45, 7) is 1.57. The van der Waals surface area contributed by atoms with Crippen LogP contribution in [0, 0.1) is 46.2 Å². The van der Waals surface area contributed by atoms with Gasteiger partial charge in [0, 0.05) is 41.8 Å². The summed E-state index contributed by atoms with van der Waals surface area (Å²) >= 11 is 0. The molecule has 2 aliphatic heterocycles. The molecule has 0 spiro atoms. The summed E-state index contributed by atoms with van der Waals surface area (Å²) in [6.07, 6.45) is 0.293. The monoisotopic (exact) mass is 612 g/mol. The summed E-state index contributed by atoms with van der Waals surface area (Å²) in [4.78, 5) is 4.38. The van der Waals surface area contributed by atoms with Crippen molar-refractivity contribution in [3.8, 4) is 16.9 Å². The molecule has 3 aromatic rings. The lowest BCUT2D eigenvalue weighted by Gasteiger charge is -2.36. The zero-order valence-corrected chi connectivity index (χ0v) is 22.5. The number of aliphatic imine (C=N–C) groups is 1. The molecule has 1 N–H and O–H groups in total. The first-order valence-corrected chi connectivity index (χ1v) is 13.4. The third-order valence-corrected chi connectivity index (χ3v) is 7.69. The molecule has 0 aliphatic carbocycles. The van der Waals surface area contributed by atoms with Crippen molar-refractivity contribution >= 4 is 6.21 Å². The van der Waals surface area contributed by atoms with Crippen LogP contribution < -0.4 is 10.1 Å². The second-order valence-electron chi connectivity index (χ2n) is 10.7. The molecule has 3 aromatic carbocycles. The summed E-state index contributed by atoms with van der Waals surface area (Å²) in [5.41, 5.74) is -2.94. The van der Waals surface area contributed by atoms with Gasteiger partial charge in [0.05, 0.1) is 6.54 Å². The van der Waals surface area contributed by atoms with Crippen molar-refractivity contribution in [1.29, 1.82) is 0 Å². The van der Waals surface area contributed by atoms with Gasteiger partial charge in [-0.25, -0.2) is 30.7 Å². The van der Waals surface area contributed by atoms with Crippen molar-refractivity contribution < 1.29 is 44.3 Å². The molecule has 1 unspecified atom stereocenters. The van der Waals surface area contributed by atoms with Gasteiger partial charge in [-0.3, -0.25) is 4.99 Å². The van der Waals surface area contributed by atoms with E-state index in [1.807, 2.05) is 6.21 Å². The summed E-state index contributed by atoms with van der Waals surface area (Å²) in [6, 6.07) is 4.97. The quantitative estimate of drug-likeness (QED) is 0.216. The Bertz CT molecular complexity index is 1540. The third kappa shape index (κ3) is 6.43. The van der Waals surface area contributed by atoms with Crippen LogP contribution in [0.4, 0.5) is 39.5 Å². The highest BCUT2D eigenvalue weighted by atomic mass is 19.3. The Hall–Kier alpha value is -3.80. The molecule has 2 aliphatic rings. The Labute approximate surface area is 241 Å². The van der Waals surface area contributed by atoms with E-state index in [0.29, 0.717) is 50.0 Å². The van der Waals surface area contributed by atoms with Crippen molar-refractivity contribution in [3.05, 3.63) is 100 Å². The number of benzene rings is 3. The van der Waals surface area contributed by atoms with Crippen LogP contribution in [0.1, 0.15) is 30.4 Å². The average Bonchev–Trinajstić information content (AvgIpc) is 2.98. The Morgan fingerprint density at radius 2 is 1.58 bits per heavy atom. The Kier molecular flexibility index (Phi) is 8.60. The van der Waals surface area contributed by atoms with Gasteiger partial charge in [0.1, 0.15) is 34.6 Å². The molecule has 2 atom stereocenters. The van der Waals surface area contributed by atoms with E-state index in [9.17, 15) is 30.7 Å². The summed E-state index contributed by atoms with van der Waals surface area (Å²) in [7, 11) is 0. The van der Waals surface area contributed by atoms with E-state index in [4.69, 9.17) is 0 Å². The molecule has 0 aromatic heterocycles. The highest BCUT2D eigenvalue weighted by Gasteiger charge is 2.42. The number of rotatable bonds is 7. The molecule has 43 heavy (non-hydrogen) atoms. The predicted molar refractivity (Wildman–Crippen MR) is 141 cm³/mol. The van der Waals surface area contributed by atoms with Crippen LogP contribution in [-0.4, -0.2) is 25.8 Å². The molecule has 0 amide bonds. The Morgan fingerprint density at radius 1 is 0.884 bits per heavy atom. The third-order valence-electron chi connectivity index (χ3n) is 7.69. The van der Waals surface area contributed by atoms with Crippen molar-refractivity contribution in [1.82, 2.24) is 5.32 Å². The van der Waals surface area contributed by atoms with Gasteiger partial charge in [0.15, 0.2) is 17.5 Å². The minimum atomic E-state index is -4.77. The zero-order chi connectivity index (χ0) is 30.9. The van der Waals surface area contributed by atoms with Crippen LogP contribution in [0.3, 0.4) is 0 Å².